The maximum absolute atomic E-state index is 12.5. The van der Waals surface area contributed by atoms with Gasteiger partial charge in [-0.2, -0.15) is 0 Å². The molecule has 0 bridgehead atoms. The van der Waals surface area contributed by atoms with Crippen LogP contribution in [0.1, 0.15) is 35.2 Å². The Balaban J connectivity index is 2.27. The lowest BCUT2D eigenvalue weighted by Crippen LogP contribution is -2.31. The Morgan fingerprint density at radius 3 is 2.40 bits per heavy atom. The van der Waals surface area contributed by atoms with Gasteiger partial charge in [0, 0.05) is 18.8 Å². The number of hydrogen-bond donors (Lipinski definition) is 1. The smallest absolute Gasteiger partial charge is 0.293 e. The molecule has 0 aliphatic rings. The fourth-order valence-electron chi connectivity index (χ4n) is 2.07. The van der Waals surface area contributed by atoms with Crippen LogP contribution in [0.25, 0.3) is 0 Å². The zero-order valence-corrected chi connectivity index (χ0v) is 11.9. The molecule has 2 aromatic rings. The third-order valence-electron chi connectivity index (χ3n) is 3.13. The van der Waals surface area contributed by atoms with Crippen molar-refractivity contribution in [2.45, 2.75) is 26.8 Å². The molecule has 106 valence electrons. The molecule has 0 saturated carbocycles. The van der Waals surface area contributed by atoms with E-state index >= 15 is 0 Å². The molecule has 20 heavy (non-hydrogen) atoms. The Morgan fingerprint density at radius 1 is 1.20 bits per heavy atom. The molecule has 0 aliphatic carbocycles. The van der Waals surface area contributed by atoms with Crippen LogP contribution in [0.15, 0.2) is 40.8 Å². The summed E-state index contributed by atoms with van der Waals surface area (Å²) in [6.45, 7) is 5.03. The van der Waals surface area contributed by atoms with Gasteiger partial charge in [0.15, 0.2) is 5.76 Å². The molecule has 0 aliphatic heterocycles. The standard InChI is InChI=1S/C16H20N2O2/c1-3-10-18(14-7-5-13(11-17)6-8-14)16(19)15-9-4-12(2)20-15/h4-9H,3,10-11,17H2,1-2H3. The number of anilines is 1. The van der Waals surface area contributed by atoms with Gasteiger partial charge < -0.3 is 15.1 Å². The normalized spacial score (nSPS) is 10.6. The summed E-state index contributed by atoms with van der Waals surface area (Å²) < 4.78 is 5.43. The number of amides is 1. The van der Waals surface area contributed by atoms with Crippen LogP contribution in [0.2, 0.25) is 0 Å². The van der Waals surface area contributed by atoms with E-state index in [-0.39, 0.29) is 5.91 Å². The lowest BCUT2D eigenvalue weighted by molar-refractivity contribution is 0.0959. The first-order valence-corrected chi connectivity index (χ1v) is 6.83. The highest BCUT2D eigenvalue weighted by Gasteiger charge is 2.19. The molecule has 0 radical (unpaired) electrons. The van der Waals surface area contributed by atoms with Crippen molar-refractivity contribution in [2.75, 3.05) is 11.4 Å². The van der Waals surface area contributed by atoms with Gasteiger partial charge in [0.2, 0.25) is 0 Å². The van der Waals surface area contributed by atoms with Crippen molar-refractivity contribution in [2.24, 2.45) is 5.73 Å². The average Bonchev–Trinajstić information content (AvgIpc) is 2.91. The molecular formula is C16H20N2O2. The number of benzene rings is 1. The molecule has 1 heterocycles. The Kier molecular flexibility index (Phi) is 4.58. The molecule has 0 atom stereocenters. The fraction of sp³-hybridized carbons (Fsp3) is 0.312. The van der Waals surface area contributed by atoms with Gasteiger partial charge in [-0.1, -0.05) is 19.1 Å². The van der Waals surface area contributed by atoms with E-state index in [1.54, 1.807) is 17.0 Å². The van der Waals surface area contributed by atoms with Crippen LogP contribution < -0.4 is 10.6 Å². The predicted octanol–water partition coefficient (Wildman–Crippen LogP) is 3.10. The summed E-state index contributed by atoms with van der Waals surface area (Å²) in [6, 6.07) is 11.2. The summed E-state index contributed by atoms with van der Waals surface area (Å²) in [5.41, 5.74) is 7.50. The molecule has 0 saturated heterocycles. The van der Waals surface area contributed by atoms with E-state index in [0.29, 0.717) is 18.8 Å². The first-order chi connectivity index (χ1) is 9.65. The summed E-state index contributed by atoms with van der Waals surface area (Å²) in [6.07, 6.45) is 0.879. The van der Waals surface area contributed by atoms with E-state index in [4.69, 9.17) is 10.2 Å². The topological polar surface area (TPSA) is 59.5 Å². The van der Waals surface area contributed by atoms with Crippen molar-refractivity contribution in [1.82, 2.24) is 0 Å². The lowest BCUT2D eigenvalue weighted by atomic mass is 10.2. The molecule has 1 amide bonds. The van der Waals surface area contributed by atoms with Gasteiger partial charge in [-0.25, -0.2) is 0 Å². The zero-order valence-electron chi connectivity index (χ0n) is 11.9. The van der Waals surface area contributed by atoms with Gasteiger partial charge in [-0.15, -0.1) is 0 Å². The molecule has 4 heteroatoms. The number of hydrogen-bond acceptors (Lipinski definition) is 3. The van der Waals surface area contributed by atoms with Crippen LogP contribution in [0.3, 0.4) is 0 Å². The highest BCUT2D eigenvalue weighted by molar-refractivity contribution is 6.04. The number of carbonyl (C=O) groups is 1. The maximum Gasteiger partial charge on any atom is 0.293 e. The molecule has 4 nitrogen and oxygen atoms in total. The van der Waals surface area contributed by atoms with Crippen LogP contribution in [0, 0.1) is 6.92 Å². The number of carbonyl (C=O) groups excluding carboxylic acids is 1. The van der Waals surface area contributed by atoms with Crippen LogP contribution in [-0.2, 0) is 6.54 Å². The minimum atomic E-state index is -0.111. The highest BCUT2D eigenvalue weighted by Crippen LogP contribution is 2.19. The third-order valence-corrected chi connectivity index (χ3v) is 3.13. The molecular weight excluding hydrogens is 252 g/mol. The van der Waals surface area contributed by atoms with Crippen LogP contribution in [0.4, 0.5) is 5.69 Å². The second kappa shape index (κ2) is 6.39. The maximum atomic E-state index is 12.5. The molecule has 1 aromatic heterocycles. The van der Waals surface area contributed by atoms with Crippen LogP contribution in [0.5, 0.6) is 0 Å². The Bertz CT molecular complexity index is 572. The summed E-state index contributed by atoms with van der Waals surface area (Å²) >= 11 is 0. The van der Waals surface area contributed by atoms with E-state index in [1.165, 1.54) is 0 Å². The zero-order chi connectivity index (χ0) is 14.5. The average molecular weight is 272 g/mol. The van der Waals surface area contributed by atoms with Crippen molar-refractivity contribution in [1.29, 1.82) is 0 Å². The minimum absolute atomic E-state index is 0.111. The van der Waals surface area contributed by atoms with Crippen molar-refractivity contribution < 1.29 is 9.21 Å². The largest absolute Gasteiger partial charge is 0.456 e. The Labute approximate surface area is 119 Å². The Hall–Kier alpha value is -2.07. The monoisotopic (exact) mass is 272 g/mol. The lowest BCUT2D eigenvalue weighted by Gasteiger charge is -2.21. The highest BCUT2D eigenvalue weighted by atomic mass is 16.3. The Morgan fingerprint density at radius 2 is 1.90 bits per heavy atom. The summed E-state index contributed by atoms with van der Waals surface area (Å²) in [4.78, 5) is 14.2. The van der Waals surface area contributed by atoms with Crippen LogP contribution in [-0.4, -0.2) is 12.5 Å². The van der Waals surface area contributed by atoms with E-state index < -0.39 is 0 Å². The van der Waals surface area contributed by atoms with Crippen molar-refractivity contribution in [3.8, 4) is 0 Å². The molecule has 0 spiro atoms. The van der Waals surface area contributed by atoms with E-state index in [2.05, 4.69) is 0 Å². The molecule has 1 aromatic carbocycles. The second-order valence-electron chi connectivity index (χ2n) is 4.74. The molecule has 2 rings (SSSR count). The van der Waals surface area contributed by atoms with Crippen molar-refractivity contribution in [3.05, 3.63) is 53.5 Å². The number of rotatable bonds is 5. The van der Waals surface area contributed by atoms with Gasteiger partial charge in [-0.3, -0.25) is 4.79 Å². The molecule has 0 unspecified atom stereocenters. The van der Waals surface area contributed by atoms with Gasteiger partial charge in [0.05, 0.1) is 0 Å². The molecule has 2 N–H and O–H groups in total. The van der Waals surface area contributed by atoms with Gasteiger partial charge >= 0.3 is 0 Å². The first kappa shape index (κ1) is 14.3. The van der Waals surface area contributed by atoms with Gasteiger partial charge in [0.25, 0.3) is 5.91 Å². The summed E-state index contributed by atoms with van der Waals surface area (Å²) in [5, 5.41) is 0. The minimum Gasteiger partial charge on any atom is -0.456 e. The first-order valence-electron chi connectivity index (χ1n) is 6.83. The molecule has 0 fully saturated rings. The van der Waals surface area contributed by atoms with Crippen molar-refractivity contribution in [3.63, 3.8) is 0 Å². The number of furan rings is 1. The number of nitrogens with zero attached hydrogens (tertiary/aromatic N) is 1. The summed E-state index contributed by atoms with van der Waals surface area (Å²) in [7, 11) is 0. The van der Waals surface area contributed by atoms with Crippen molar-refractivity contribution >= 4 is 11.6 Å². The van der Waals surface area contributed by atoms with E-state index in [9.17, 15) is 4.79 Å². The number of aryl methyl sites for hydroxylation is 1. The fourth-order valence-corrected chi connectivity index (χ4v) is 2.07. The van der Waals surface area contributed by atoms with E-state index in [0.717, 1.165) is 23.4 Å². The third kappa shape index (κ3) is 3.08. The van der Waals surface area contributed by atoms with Crippen LogP contribution >= 0.6 is 0 Å². The quantitative estimate of drug-likeness (QED) is 0.909. The van der Waals surface area contributed by atoms with E-state index in [1.807, 2.05) is 38.1 Å². The van der Waals surface area contributed by atoms with Gasteiger partial charge in [-0.05, 0) is 43.2 Å². The van der Waals surface area contributed by atoms with Gasteiger partial charge in [0.1, 0.15) is 5.76 Å². The SMILES string of the molecule is CCCN(C(=O)c1ccc(C)o1)c1ccc(CN)cc1. The predicted molar refractivity (Wildman–Crippen MR) is 79.7 cm³/mol. The summed E-state index contributed by atoms with van der Waals surface area (Å²) in [5.74, 6) is 1.00. The second-order valence-corrected chi connectivity index (χ2v) is 4.74. The number of nitrogens with two attached hydrogens (primary N) is 1.